The molecule has 1 aromatic carbocycles. The molecule has 0 radical (unpaired) electrons. The van der Waals surface area contributed by atoms with Gasteiger partial charge in [-0.25, -0.2) is 0 Å². The number of nitrogens with one attached hydrogen (secondary N) is 1. The summed E-state index contributed by atoms with van der Waals surface area (Å²) in [7, 11) is 0. The highest BCUT2D eigenvalue weighted by Crippen LogP contribution is 2.24. The van der Waals surface area contributed by atoms with Gasteiger partial charge in [0, 0.05) is 15.7 Å². The molecule has 0 saturated heterocycles. The summed E-state index contributed by atoms with van der Waals surface area (Å²) in [6, 6.07) is 5.26. The molecule has 0 saturated carbocycles. The maximum atomic E-state index is 5.84. The lowest BCUT2D eigenvalue weighted by Gasteiger charge is -2.02. The van der Waals surface area contributed by atoms with Crippen LogP contribution < -0.4 is 5.32 Å². The first-order valence-electron chi connectivity index (χ1n) is 4.29. The Bertz CT molecular complexity index is 480. The van der Waals surface area contributed by atoms with Crippen molar-refractivity contribution in [3.05, 3.63) is 34.1 Å². The van der Waals surface area contributed by atoms with Crippen molar-refractivity contribution < 1.29 is 4.42 Å². The molecule has 0 atom stereocenters. The lowest BCUT2D eigenvalue weighted by molar-refractivity contribution is 0.530. The van der Waals surface area contributed by atoms with Gasteiger partial charge in [0.05, 0.1) is 0 Å². The van der Waals surface area contributed by atoms with Gasteiger partial charge in [0.15, 0.2) is 0 Å². The first-order valence-corrected chi connectivity index (χ1v) is 5.58. The van der Waals surface area contributed by atoms with Crippen LogP contribution in [0.3, 0.4) is 0 Å². The van der Waals surface area contributed by atoms with E-state index in [4.69, 9.17) is 39.2 Å². The zero-order chi connectivity index (χ0) is 11.5. The molecule has 0 fully saturated rings. The summed E-state index contributed by atoms with van der Waals surface area (Å²) in [4.78, 5) is 0. The fourth-order valence-corrected chi connectivity index (χ4v) is 1.74. The number of nitrogens with zero attached hydrogens (tertiary/aromatic N) is 2. The Kier molecular flexibility index (Phi) is 3.53. The number of alkyl halides is 1. The minimum absolute atomic E-state index is 0.172. The van der Waals surface area contributed by atoms with Crippen molar-refractivity contribution in [1.29, 1.82) is 0 Å². The minimum atomic E-state index is 0.172. The molecule has 4 nitrogen and oxygen atoms in total. The normalized spacial score (nSPS) is 10.4. The van der Waals surface area contributed by atoms with Crippen molar-refractivity contribution in [2.24, 2.45) is 0 Å². The van der Waals surface area contributed by atoms with Gasteiger partial charge in [0.1, 0.15) is 5.88 Å². The SMILES string of the molecule is ClCc1nnc(Nc2cc(Cl)cc(Cl)c2)o1. The number of hydrogen-bond donors (Lipinski definition) is 1. The third-order valence-corrected chi connectivity index (χ3v) is 2.36. The monoisotopic (exact) mass is 277 g/mol. The number of aromatic nitrogens is 2. The quantitative estimate of drug-likeness (QED) is 0.866. The summed E-state index contributed by atoms with van der Waals surface area (Å²) < 4.78 is 5.17. The molecule has 0 amide bonds. The van der Waals surface area contributed by atoms with E-state index in [2.05, 4.69) is 15.5 Å². The average molecular weight is 279 g/mol. The molecular formula is C9H6Cl3N3O. The maximum absolute atomic E-state index is 5.84. The fourth-order valence-electron chi connectivity index (χ4n) is 1.11. The maximum Gasteiger partial charge on any atom is 0.320 e. The van der Waals surface area contributed by atoms with E-state index < -0.39 is 0 Å². The molecule has 84 valence electrons. The lowest BCUT2D eigenvalue weighted by Crippen LogP contribution is -1.90. The Morgan fingerprint density at radius 3 is 2.38 bits per heavy atom. The fraction of sp³-hybridized carbons (Fsp3) is 0.111. The molecular weight excluding hydrogens is 272 g/mol. The van der Waals surface area contributed by atoms with E-state index in [-0.39, 0.29) is 11.9 Å². The summed E-state index contributed by atoms with van der Waals surface area (Å²) >= 11 is 17.2. The Hall–Kier alpha value is -0.970. The third kappa shape index (κ3) is 2.78. The van der Waals surface area contributed by atoms with E-state index in [9.17, 15) is 0 Å². The van der Waals surface area contributed by atoms with Crippen molar-refractivity contribution in [2.75, 3.05) is 5.32 Å². The smallest absolute Gasteiger partial charge is 0.320 e. The predicted octanol–water partition coefficient (Wildman–Crippen LogP) is 3.86. The van der Waals surface area contributed by atoms with Crippen molar-refractivity contribution in [3.63, 3.8) is 0 Å². The predicted molar refractivity (Wildman–Crippen MR) is 63.6 cm³/mol. The first-order chi connectivity index (χ1) is 7.67. The Morgan fingerprint density at radius 2 is 1.81 bits per heavy atom. The van der Waals surface area contributed by atoms with Gasteiger partial charge >= 0.3 is 6.01 Å². The highest BCUT2D eigenvalue weighted by molar-refractivity contribution is 6.35. The van der Waals surface area contributed by atoms with Crippen LogP contribution in [0.1, 0.15) is 5.89 Å². The van der Waals surface area contributed by atoms with Gasteiger partial charge in [0.25, 0.3) is 0 Å². The van der Waals surface area contributed by atoms with Crippen LogP contribution in [0.25, 0.3) is 0 Å². The van der Waals surface area contributed by atoms with Crippen LogP contribution in [0.5, 0.6) is 0 Å². The van der Waals surface area contributed by atoms with Crippen molar-refractivity contribution >= 4 is 46.5 Å². The van der Waals surface area contributed by atoms with Gasteiger partial charge in [-0.1, -0.05) is 28.3 Å². The molecule has 0 aliphatic heterocycles. The van der Waals surface area contributed by atoms with Crippen LogP contribution in [-0.4, -0.2) is 10.2 Å². The van der Waals surface area contributed by atoms with Gasteiger partial charge in [-0.3, -0.25) is 0 Å². The number of anilines is 2. The van der Waals surface area contributed by atoms with E-state index in [1.54, 1.807) is 18.2 Å². The molecule has 0 aliphatic rings. The molecule has 1 heterocycles. The number of benzene rings is 1. The summed E-state index contributed by atoms with van der Waals surface area (Å²) in [6.45, 7) is 0. The molecule has 16 heavy (non-hydrogen) atoms. The molecule has 2 rings (SSSR count). The summed E-state index contributed by atoms with van der Waals surface area (Å²) in [5.41, 5.74) is 0.669. The van der Waals surface area contributed by atoms with E-state index in [1.165, 1.54) is 0 Å². The summed E-state index contributed by atoms with van der Waals surface area (Å²) in [6.07, 6.45) is 0. The van der Waals surface area contributed by atoms with Crippen LogP contribution in [0.4, 0.5) is 11.7 Å². The van der Waals surface area contributed by atoms with E-state index in [0.717, 1.165) is 0 Å². The number of halogens is 3. The van der Waals surface area contributed by atoms with Crippen LogP contribution in [0.15, 0.2) is 22.6 Å². The second kappa shape index (κ2) is 4.91. The van der Waals surface area contributed by atoms with Crippen molar-refractivity contribution in [3.8, 4) is 0 Å². The molecule has 0 spiro atoms. The number of rotatable bonds is 3. The Balaban J connectivity index is 2.19. The molecule has 0 bridgehead atoms. The standard InChI is InChI=1S/C9H6Cl3N3O/c10-4-8-14-15-9(16-8)13-7-2-5(11)1-6(12)3-7/h1-3H,4H2,(H,13,15). The van der Waals surface area contributed by atoms with Crippen LogP contribution >= 0.6 is 34.8 Å². The summed E-state index contributed by atoms with van der Waals surface area (Å²) in [5.74, 6) is 0.516. The van der Waals surface area contributed by atoms with Gasteiger partial charge in [-0.15, -0.1) is 16.7 Å². The van der Waals surface area contributed by atoms with Crippen LogP contribution in [0, 0.1) is 0 Å². The Morgan fingerprint density at radius 1 is 1.12 bits per heavy atom. The first kappa shape index (κ1) is 11.5. The van der Waals surface area contributed by atoms with E-state index in [0.29, 0.717) is 21.6 Å². The highest BCUT2D eigenvalue weighted by atomic mass is 35.5. The van der Waals surface area contributed by atoms with Gasteiger partial charge in [0.2, 0.25) is 5.89 Å². The lowest BCUT2D eigenvalue weighted by atomic mass is 10.3. The highest BCUT2D eigenvalue weighted by Gasteiger charge is 2.05. The molecule has 1 N–H and O–H groups in total. The molecule has 1 aromatic heterocycles. The van der Waals surface area contributed by atoms with Crippen molar-refractivity contribution in [2.45, 2.75) is 5.88 Å². The second-order valence-corrected chi connectivity index (χ2v) is 4.06. The van der Waals surface area contributed by atoms with E-state index >= 15 is 0 Å². The molecule has 7 heteroatoms. The van der Waals surface area contributed by atoms with E-state index in [1.807, 2.05) is 0 Å². The number of hydrogen-bond acceptors (Lipinski definition) is 4. The topological polar surface area (TPSA) is 51.0 Å². The summed E-state index contributed by atoms with van der Waals surface area (Å²) in [5, 5.41) is 11.4. The zero-order valence-corrected chi connectivity index (χ0v) is 10.1. The van der Waals surface area contributed by atoms with Gasteiger partial charge < -0.3 is 9.73 Å². The van der Waals surface area contributed by atoms with Crippen LogP contribution in [0.2, 0.25) is 10.0 Å². The van der Waals surface area contributed by atoms with Crippen LogP contribution in [-0.2, 0) is 5.88 Å². The zero-order valence-electron chi connectivity index (χ0n) is 7.88. The largest absolute Gasteiger partial charge is 0.407 e. The minimum Gasteiger partial charge on any atom is -0.407 e. The molecule has 0 aliphatic carbocycles. The molecule has 0 unspecified atom stereocenters. The van der Waals surface area contributed by atoms with Gasteiger partial charge in [-0.05, 0) is 18.2 Å². The van der Waals surface area contributed by atoms with Gasteiger partial charge in [-0.2, -0.15) is 0 Å². The second-order valence-electron chi connectivity index (χ2n) is 2.92. The third-order valence-electron chi connectivity index (χ3n) is 1.69. The Labute approximate surface area is 107 Å². The average Bonchev–Trinajstić information content (AvgIpc) is 2.64. The van der Waals surface area contributed by atoms with Crippen molar-refractivity contribution in [1.82, 2.24) is 10.2 Å². The molecule has 2 aromatic rings.